The van der Waals surface area contributed by atoms with Gasteiger partial charge in [-0.25, -0.2) is 0 Å². The Labute approximate surface area is 85.1 Å². The molecule has 1 aliphatic carbocycles. The number of hydrogen-bond donors (Lipinski definition) is 2. The molecular formula is C10H20N2O2. The number of rotatable bonds is 5. The van der Waals surface area contributed by atoms with E-state index in [1.165, 1.54) is 12.8 Å². The summed E-state index contributed by atoms with van der Waals surface area (Å²) in [4.78, 5) is 13.1. The van der Waals surface area contributed by atoms with Crippen LogP contribution in [0, 0.1) is 0 Å². The molecule has 1 saturated carbocycles. The van der Waals surface area contributed by atoms with E-state index < -0.39 is 11.5 Å². The van der Waals surface area contributed by atoms with Gasteiger partial charge in [-0.1, -0.05) is 0 Å². The fraction of sp³-hybridized carbons (Fsp3) is 0.900. The maximum atomic E-state index is 10.8. The zero-order chi connectivity index (χ0) is 10.9. The van der Waals surface area contributed by atoms with Gasteiger partial charge in [-0.05, 0) is 40.2 Å². The van der Waals surface area contributed by atoms with E-state index in [1.807, 2.05) is 14.0 Å². The Morgan fingerprint density at radius 2 is 2.21 bits per heavy atom. The van der Waals surface area contributed by atoms with Crippen LogP contribution in [0.1, 0.15) is 33.1 Å². The number of hydrogen-bond acceptors (Lipinski definition) is 3. The molecule has 0 aliphatic heterocycles. The molecule has 0 heterocycles. The van der Waals surface area contributed by atoms with Crippen molar-refractivity contribution in [1.82, 2.24) is 4.90 Å². The summed E-state index contributed by atoms with van der Waals surface area (Å²) in [6, 6.07) is 0.878. The zero-order valence-corrected chi connectivity index (χ0v) is 9.16. The molecule has 3 N–H and O–H groups in total. The number of aliphatic carboxylic acids is 1. The van der Waals surface area contributed by atoms with Crippen molar-refractivity contribution in [2.75, 3.05) is 7.05 Å². The van der Waals surface area contributed by atoms with Crippen molar-refractivity contribution in [2.45, 2.75) is 50.7 Å². The molecule has 0 amide bonds. The average Bonchev–Trinajstić information content (AvgIpc) is 2.84. The maximum absolute atomic E-state index is 10.8. The molecule has 0 spiro atoms. The lowest BCUT2D eigenvalue weighted by molar-refractivity contribution is -0.143. The summed E-state index contributed by atoms with van der Waals surface area (Å²) in [5, 5.41) is 8.88. The van der Waals surface area contributed by atoms with Gasteiger partial charge >= 0.3 is 5.97 Å². The van der Waals surface area contributed by atoms with Gasteiger partial charge in [0.2, 0.25) is 0 Å². The summed E-state index contributed by atoms with van der Waals surface area (Å²) in [6.07, 6.45) is 2.96. The van der Waals surface area contributed by atoms with Gasteiger partial charge in [0, 0.05) is 12.1 Å². The van der Waals surface area contributed by atoms with Crippen molar-refractivity contribution in [3.8, 4) is 0 Å². The molecule has 14 heavy (non-hydrogen) atoms. The van der Waals surface area contributed by atoms with Crippen LogP contribution in [-0.2, 0) is 4.79 Å². The number of carboxylic acid groups (broad SMARTS) is 1. The lowest BCUT2D eigenvalue weighted by Gasteiger charge is -2.30. The van der Waals surface area contributed by atoms with Crippen LogP contribution in [0.4, 0.5) is 0 Å². The summed E-state index contributed by atoms with van der Waals surface area (Å²) in [5.41, 5.74) is 4.58. The van der Waals surface area contributed by atoms with Crippen LogP contribution in [0.3, 0.4) is 0 Å². The fourth-order valence-electron chi connectivity index (χ4n) is 1.69. The SMILES string of the molecule is CC(CC(C)(N)C(=O)O)N(C)C1CC1. The van der Waals surface area contributed by atoms with E-state index in [0.29, 0.717) is 12.5 Å². The predicted octanol–water partition coefficient (Wildman–Crippen LogP) is 0.661. The second-order valence-electron chi connectivity index (χ2n) is 4.67. The Bertz CT molecular complexity index is 224. The van der Waals surface area contributed by atoms with Gasteiger partial charge in [0.05, 0.1) is 0 Å². The molecule has 0 saturated heterocycles. The standard InChI is InChI=1S/C10H20N2O2/c1-7(12(3)8-4-5-8)6-10(2,11)9(13)14/h7-8H,4-6,11H2,1-3H3,(H,13,14). The zero-order valence-electron chi connectivity index (χ0n) is 9.16. The molecule has 82 valence electrons. The molecule has 0 aromatic carbocycles. The van der Waals surface area contributed by atoms with E-state index in [2.05, 4.69) is 4.90 Å². The molecule has 0 aromatic heterocycles. The topological polar surface area (TPSA) is 66.6 Å². The van der Waals surface area contributed by atoms with E-state index in [0.717, 1.165) is 0 Å². The molecule has 4 nitrogen and oxygen atoms in total. The van der Waals surface area contributed by atoms with Crippen LogP contribution >= 0.6 is 0 Å². The highest BCUT2D eigenvalue weighted by Gasteiger charge is 2.35. The van der Waals surface area contributed by atoms with Crippen LogP contribution in [0.25, 0.3) is 0 Å². The Balaban J connectivity index is 2.45. The van der Waals surface area contributed by atoms with E-state index in [4.69, 9.17) is 10.8 Å². The quantitative estimate of drug-likeness (QED) is 0.684. The highest BCUT2D eigenvalue weighted by atomic mass is 16.4. The monoisotopic (exact) mass is 200 g/mol. The van der Waals surface area contributed by atoms with Gasteiger partial charge in [-0.3, -0.25) is 4.79 Å². The predicted molar refractivity (Wildman–Crippen MR) is 55.1 cm³/mol. The lowest BCUT2D eigenvalue weighted by Crippen LogP contribution is -2.49. The summed E-state index contributed by atoms with van der Waals surface area (Å²) in [6.45, 7) is 3.61. The minimum absolute atomic E-state index is 0.230. The van der Waals surface area contributed by atoms with Gasteiger partial charge < -0.3 is 15.7 Å². The van der Waals surface area contributed by atoms with Crippen molar-refractivity contribution >= 4 is 5.97 Å². The average molecular weight is 200 g/mol. The molecule has 2 atom stereocenters. The van der Waals surface area contributed by atoms with E-state index in [-0.39, 0.29) is 6.04 Å². The number of carboxylic acids is 1. The van der Waals surface area contributed by atoms with Crippen molar-refractivity contribution in [3.05, 3.63) is 0 Å². The summed E-state index contributed by atoms with van der Waals surface area (Å²) in [5.74, 6) is -0.923. The molecule has 1 aliphatic rings. The molecule has 0 bridgehead atoms. The third-order valence-electron chi connectivity index (χ3n) is 3.03. The van der Waals surface area contributed by atoms with Crippen LogP contribution in [0.15, 0.2) is 0 Å². The normalized spacial score (nSPS) is 23.2. The molecule has 1 rings (SSSR count). The van der Waals surface area contributed by atoms with Crippen molar-refractivity contribution in [3.63, 3.8) is 0 Å². The van der Waals surface area contributed by atoms with Crippen molar-refractivity contribution < 1.29 is 9.90 Å². The first-order valence-corrected chi connectivity index (χ1v) is 5.09. The molecule has 0 radical (unpaired) electrons. The third kappa shape index (κ3) is 2.69. The highest BCUT2D eigenvalue weighted by Crippen LogP contribution is 2.28. The van der Waals surface area contributed by atoms with Gasteiger partial charge in [0.15, 0.2) is 0 Å². The largest absolute Gasteiger partial charge is 0.480 e. The smallest absolute Gasteiger partial charge is 0.323 e. The molecule has 4 heteroatoms. The summed E-state index contributed by atoms with van der Waals surface area (Å²) < 4.78 is 0. The second-order valence-corrected chi connectivity index (χ2v) is 4.67. The van der Waals surface area contributed by atoms with Crippen LogP contribution in [-0.4, -0.2) is 40.6 Å². The van der Waals surface area contributed by atoms with Gasteiger partial charge in [0.1, 0.15) is 5.54 Å². The van der Waals surface area contributed by atoms with Crippen molar-refractivity contribution in [1.29, 1.82) is 0 Å². The highest BCUT2D eigenvalue weighted by molar-refractivity contribution is 5.77. The molecular weight excluding hydrogens is 180 g/mol. The van der Waals surface area contributed by atoms with E-state index in [1.54, 1.807) is 6.92 Å². The first-order valence-electron chi connectivity index (χ1n) is 5.09. The fourth-order valence-corrected chi connectivity index (χ4v) is 1.69. The Hall–Kier alpha value is -0.610. The summed E-state index contributed by atoms with van der Waals surface area (Å²) >= 11 is 0. The van der Waals surface area contributed by atoms with Gasteiger partial charge in [-0.15, -0.1) is 0 Å². The maximum Gasteiger partial charge on any atom is 0.323 e. The summed E-state index contributed by atoms with van der Waals surface area (Å²) in [7, 11) is 2.04. The Morgan fingerprint density at radius 1 is 1.71 bits per heavy atom. The van der Waals surface area contributed by atoms with Gasteiger partial charge in [0.25, 0.3) is 0 Å². The lowest BCUT2D eigenvalue weighted by atomic mass is 9.94. The number of nitrogens with zero attached hydrogens (tertiary/aromatic N) is 1. The van der Waals surface area contributed by atoms with Crippen LogP contribution < -0.4 is 5.73 Å². The van der Waals surface area contributed by atoms with E-state index >= 15 is 0 Å². The number of nitrogens with two attached hydrogens (primary N) is 1. The Morgan fingerprint density at radius 3 is 2.57 bits per heavy atom. The molecule has 1 fully saturated rings. The van der Waals surface area contributed by atoms with Crippen molar-refractivity contribution in [2.24, 2.45) is 5.73 Å². The molecule has 2 unspecified atom stereocenters. The molecule has 0 aromatic rings. The van der Waals surface area contributed by atoms with Crippen LogP contribution in [0.2, 0.25) is 0 Å². The minimum Gasteiger partial charge on any atom is -0.480 e. The van der Waals surface area contributed by atoms with E-state index in [9.17, 15) is 4.79 Å². The first-order chi connectivity index (χ1) is 6.34. The third-order valence-corrected chi connectivity index (χ3v) is 3.03. The Kier molecular flexibility index (Phi) is 3.17. The minimum atomic E-state index is -1.11. The van der Waals surface area contributed by atoms with Crippen LogP contribution in [0.5, 0.6) is 0 Å². The number of carbonyl (C=O) groups is 1. The second kappa shape index (κ2) is 3.87. The van der Waals surface area contributed by atoms with Gasteiger partial charge in [-0.2, -0.15) is 0 Å². The first kappa shape index (κ1) is 11.5.